The summed E-state index contributed by atoms with van der Waals surface area (Å²) in [5, 5.41) is 9.97. The van der Waals surface area contributed by atoms with Gasteiger partial charge in [-0.2, -0.15) is 0 Å². The Morgan fingerprint density at radius 1 is 1.09 bits per heavy atom. The molecule has 2 heterocycles. The Balaban J connectivity index is 1.64. The number of hydrogen-bond donors (Lipinski definition) is 1. The summed E-state index contributed by atoms with van der Waals surface area (Å²) in [7, 11) is 0. The van der Waals surface area contributed by atoms with Gasteiger partial charge in [-0.1, -0.05) is 31.2 Å². The Labute approximate surface area is 192 Å². The fourth-order valence-corrected chi connectivity index (χ4v) is 4.16. The zero-order valence-electron chi connectivity index (χ0n) is 19.0. The van der Waals surface area contributed by atoms with Gasteiger partial charge in [0.25, 0.3) is 0 Å². The smallest absolute Gasteiger partial charge is 0.335 e. The Morgan fingerprint density at radius 2 is 1.82 bits per heavy atom. The largest absolute Gasteiger partial charge is 0.478 e. The molecule has 4 aromatic rings. The van der Waals surface area contributed by atoms with Crippen molar-refractivity contribution in [3.05, 3.63) is 93.2 Å². The normalized spacial score (nSPS) is 12.1. The number of aryl methyl sites for hydroxylation is 3. The first-order chi connectivity index (χ1) is 15.8. The summed E-state index contributed by atoms with van der Waals surface area (Å²) < 4.78 is 6.23. The lowest BCUT2D eigenvalue weighted by Crippen LogP contribution is -2.06. The molecule has 0 radical (unpaired) electrons. The average Bonchev–Trinajstić information content (AvgIpc) is 2.79. The standard InChI is InChI=1S/C27H26N2O4/c1-16-11-22(17(2)7-6-9-19-8-4-5-10-21(19)27(31)32)26-23(12-16)24(30)13-25(33-26)20-14-28-18(3)29-15-20/h4-5,8,10-15,17H,6-7,9H2,1-3H3,(H,31,32). The summed E-state index contributed by atoms with van der Waals surface area (Å²) in [4.78, 5) is 32.8. The minimum Gasteiger partial charge on any atom is -0.478 e. The zero-order chi connectivity index (χ0) is 23.5. The van der Waals surface area contributed by atoms with Crippen LogP contribution < -0.4 is 5.43 Å². The highest BCUT2D eigenvalue weighted by molar-refractivity contribution is 5.89. The molecule has 0 bridgehead atoms. The molecular weight excluding hydrogens is 416 g/mol. The molecule has 0 saturated carbocycles. The van der Waals surface area contributed by atoms with Crippen molar-refractivity contribution in [1.82, 2.24) is 9.97 Å². The molecule has 6 heteroatoms. The van der Waals surface area contributed by atoms with Gasteiger partial charge in [0.2, 0.25) is 0 Å². The number of carbonyl (C=O) groups is 1. The van der Waals surface area contributed by atoms with Crippen molar-refractivity contribution in [3.63, 3.8) is 0 Å². The van der Waals surface area contributed by atoms with E-state index in [0.29, 0.717) is 40.1 Å². The van der Waals surface area contributed by atoms with E-state index in [2.05, 4.69) is 23.0 Å². The highest BCUT2D eigenvalue weighted by atomic mass is 16.4. The number of nitrogens with zero attached hydrogens (tertiary/aromatic N) is 2. The highest BCUT2D eigenvalue weighted by Crippen LogP contribution is 2.32. The fraction of sp³-hybridized carbons (Fsp3) is 0.259. The Bertz CT molecular complexity index is 1370. The lowest BCUT2D eigenvalue weighted by atomic mass is 9.91. The first-order valence-electron chi connectivity index (χ1n) is 11.0. The van der Waals surface area contributed by atoms with Crippen LogP contribution in [0.3, 0.4) is 0 Å². The highest BCUT2D eigenvalue weighted by Gasteiger charge is 2.17. The summed E-state index contributed by atoms with van der Waals surface area (Å²) in [6, 6.07) is 12.5. The molecule has 33 heavy (non-hydrogen) atoms. The maximum absolute atomic E-state index is 12.9. The summed E-state index contributed by atoms with van der Waals surface area (Å²) in [6.07, 6.45) is 5.63. The molecule has 0 spiro atoms. The Kier molecular flexibility index (Phi) is 6.36. The van der Waals surface area contributed by atoms with Crippen LogP contribution in [0.4, 0.5) is 0 Å². The van der Waals surface area contributed by atoms with Crippen LogP contribution in [0.15, 0.2) is 64.1 Å². The van der Waals surface area contributed by atoms with Gasteiger partial charge in [-0.15, -0.1) is 0 Å². The van der Waals surface area contributed by atoms with E-state index in [-0.39, 0.29) is 11.3 Å². The number of carboxylic acids is 1. The molecule has 0 aliphatic carbocycles. The molecule has 0 aliphatic rings. The van der Waals surface area contributed by atoms with Crippen LogP contribution in [-0.2, 0) is 6.42 Å². The molecule has 4 rings (SSSR count). The van der Waals surface area contributed by atoms with Crippen molar-refractivity contribution in [2.45, 2.75) is 46.0 Å². The van der Waals surface area contributed by atoms with Gasteiger partial charge in [0.15, 0.2) is 5.43 Å². The molecule has 2 aromatic carbocycles. The lowest BCUT2D eigenvalue weighted by Gasteiger charge is -2.16. The number of benzene rings is 2. The van der Waals surface area contributed by atoms with Gasteiger partial charge in [-0.05, 0) is 67.9 Å². The van der Waals surface area contributed by atoms with Crippen molar-refractivity contribution in [3.8, 4) is 11.3 Å². The molecule has 0 saturated heterocycles. The second kappa shape index (κ2) is 9.36. The quantitative estimate of drug-likeness (QED) is 0.395. The van der Waals surface area contributed by atoms with Crippen LogP contribution in [0.25, 0.3) is 22.3 Å². The Hall–Kier alpha value is -3.80. The summed E-state index contributed by atoms with van der Waals surface area (Å²) in [6.45, 7) is 5.89. The average molecular weight is 443 g/mol. The maximum Gasteiger partial charge on any atom is 0.335 e. The number of hydrogen-bond acceptors (Lipinski definition) is 5. The van der Waals surface area contributed by atoms with Crippen molar-refractivity contribution in [1.29, 1.82) is 0 Å². The van der Waals surface area contributed by atoms with E-state index in [0.717, 1.165) is 29.5 Å². The van der Waals surface area contributed by atoms with Gasteiger partial charge >= 0.3 is 5.97 Å². The predicted octanol–water partition coefficient (Wildman–Crippen LogP) is 5.69. The van der Waals surface area contributed by atoms with E-state index in [1.54, 1.807) is 31.5 Å². The predicted molar refractivity (Wildman–Crippen MR) is 128 cm³/mol. The first kappa shape index (κ1) is 22.4. The van der Waals surface area contributed by atoms with E-state index in [1.165, 1.54) is 6.07 Å². The van der Waals surface area contributed by atoms with E-state index in [1.807, 2.05) is 25.1 Å². The summed E-state index contributed by atoms with van der Waals surface area (Å²) in [5.74, 6) is 0.311. The number of fused-ring (bicyclic) bond motifs is 1. The van der Waals surface area contributed by atoms with Crippen LogP contribution in [0.1, 0.15) is 58.6 Å². The van der Waals surface area contributed by atoms with E-state index >= 15 is 0 Å². The molecule has 1 atom stereocenters. The van der Waals surface area contributed by atoms with Crippen LogP contribution >= 0.6 is 0 Å². The minimum atomic E-state index is -0.905. The van der Waals surface area contributed by atoms with Crippen LogP contribution in [0.5, 0.6) is 0 Å². The topological polar surface area (TPSA) is 93.3 Å². The maximum atomic E-state index is 12.9. The van der Waals surface area contributed by atoms with Crippen molar-refractivity contribution in [2.24, 2.45) is 0 Å². The third-order valence-corrected chi connectivity index (χ3v) is 5.93. The third kappa shape index (κ3) is 4.85. The van der Waals surface area contributed by atoms with E-state index < -0.39 is 5.97 Å². The Morgan fingerprint density at radius 3 is 2.55 bits per heavy atom. The summed E-state index contributed by atoms with van der Waals surface area (Å²) >= 11 is 0. The van der Waals surface area contributed by atoms with Gasteiger partial charge in [-0.3, -0.25) is 4.79 Å². The molecule has 168 valence electrons. The number of aromatic carboxylic acids is 1. The van der Waals surface area contributed by atoms with E-state index in [4.69, 9.17) is 4.42 Å². The summed E-state index contributed by atoms with van der Waals surface area (Å²) in [5.41, 5.74) is 4.30. The van der Waals surface area contributed by atoms with Crippen molar-refractivity contribution >= 4 is 16.9 Å². The molecule has 1 unspecified atom stereocenters. The molecule has 0 amide bonds. The molecule has 2 aromatic heterocycles. The van der Waals surface area contributed by atoms with E-state index in [9.17, 15) is 14.7 Å². The molecular formula is C27H26N2O4. The number of carboxylic acid groups (broad SMARTS) is 1. The van der Waals surface area contributed by atoms with Gasteiger partial charge in [0, 0.05) is 18.5 Å². The second-order valence-corrected chi connectivity index (χ2v) is 8.48. The zero-order valence-corrected chi connectivity index (χ0v) is 19.0. The minimum absolute atomic E-state index is 0.0978. The third-order valence-electron chi connectivity index (χ3n) is 5.93. The molecule has 6 nitrogen and oxygen atoms in total. The van der Waals surface area contributed by atoms with Gasteiger partial charge in [0.05, 0.1) is 16.5 Å². The number of aromatic nitrogens is 2. The van der Waals surface area contributed by atoms with Gasteiger partial charge in [0.1, 0.15) is 17.2 Å². The second-order valence-electron chi connectivity index (χ2n) is 8.48. The molecule has 1 N–H and O–H groups in total. The SMILES string of the molecule is Cc1cc(C(C)CCCc2ccccc2C(=O)O)c2oc(-c3cnc(C)nc3)cc(=O)c2c1. The lowest BCUT2D eigenvalue weighted by molar-refractivity contribution is 0.0695. The molecule has 0 aliphatic heterocycles. The van der Waals surface area contributed by atoms with Gasteiger partial charge < -0.3 is 9.52 Å². The number of rotatable bonds is 7. The fourth-order valence-electron chi connectivity index (χ4n) is 4.16. The monoisotopic (exact) mass is 442 g/mol. The van der Waals surface area contributed by atoms with Gasteiger partial charge in [-0.25, -0.2) is 14.8 Å². The first-order valence-corrected chi connectivity index (χ1v) is 11.0. The van der Waals surface area contributed by atoms with Crippen LogP contribution in [0, 0.1) is 13.8 Å². The van der Waals surface area contributed by atoms with Crippen LogP contribution in [0.2, 0.25) is 0 Å². The van der Waals surface area contributed by atoms with Crippen LogP contribution in [-0.4, -0.2) is 21.0 Å². The van der Waals surface area contributed by atoms with Crippen molar-refractivity contribution in [2.75, 3.05) is 0 Å². The molecule has 0 fully saturated rings. The van der Waals surface area contributed by atoms with Crippen molar-refractivity contribution < 1.29 is 14.3 Å².